The van der Waals surface area contributed by atoms with Crippen molar-refractivity contribution in [2.45, 2.75) is 0 Å². The molecule has 0 fully saturated rings. The van der Waals surface area contributed by atoms with E-state index in [1.165, 1.54) is 0 Å². The molecule has 102 valence electrons. The number of hydrogen-bond donors (Lipinski definition) is 0. The zero-order valence-electron chi connectivity index (χ0n) is 11.7. The SMILES string of the molecule is N#Cc1ccc(-c2cccc(-c3cccc(C#N)c3)n2)cc1. The van der Waals surface area contributed by atoms with Crippen LogP contribution in [0.5, 0.6) is 0 Å². The van der Waals surface area contributed by atoms with E-state index in [1.54, 1.807) is 18.2 Å². The van der Waals surface area contributed by atoms with Crippen molar-refractivity contribution in [2.24, 2.45) is 0 Å². The lowest BCUT2D eigenvalue weighted by molar-refractivity contribution is 1.32. The Morgan fingerprint density at radius 3 is 1.95 bits per heavy atom. The predicted molar refractivity (Wildman–Crippen MR) is 84.5 cm³/mol. The van der Waals surface area contributed by atoms with E-state index in [2.05, 4.69) is 17.1 Å². The van der Waals surface area contributed by atoms with Gasteiger partial charge in [0.05, 0.1) is 34.7 Å². The van der Waals surface area contributed by atoms with E-state index >= 15 is 0 Å². The van der Waals surface area contributed by atoms with E-state index < -0.39 is 0 Å². The maximum atomic E-state index is 8.99. The molecule has 0 spiro atoms. The van der Waals surface area contributed by atoms with Gasteiger partial charge in [-0.15, -0.1) is 0 Å². The Kier molecular flexibility index (Phi) is 3.64. The zero-order chi connectivity index (χ0) is 15.4. The minimum Gasteiger partial charge on any atom is -0.248 e. The van der Waals surface area contributed by atoms with Gasteiger partial charge in [0.1, 0.15) is 0 Å². The van der Waals surface area contributed by atoms with Crippen LogP contribution in [0.15, 0.2) is 66.7 Å². The van der Waals surface area contributed by atoms with Crippen molar-refractivity contribution in [3.63, 3.8) is 0 Å². The molecule has 1 heterocycles. The molecular weight excluding hydrogens is 270 g/mol. The van der Waals surface area contributed by atoms with Crippen LogP contribution in [0.4, 0.5) is 0 Å². The van der Waals surface area contributed by atoms with Crippen LogP contribution in [0.1, 0.15) is 11.1 Å². The summed E-state index contributed by atoms with van der Waals surface area (Å²) in [6, 6.07) is 24.7. The minimum absolute atomic E-state index is 0.614. The summed E-state index contributed by atoms with van der Waals surface area (Å²) in [5.41, 5.74) is 4.76. The smallest absolute Gasteiger partial charge is 0.0991 e. The van der Waals surface area contributed by atoms with Gasteiger partial charge in [-0.2, -0.15) is 10.5 Å². The fourth-order valence-electron chi connectivity index (χ4n) is 2.22. The van der Waals surface area contributed by atoms with Gasteiger partial charge in [-0.25, -0.2) is 4.98 Å². The second kappa shape index (κ2) is 5.91. The van der Waals surface area contributed by atoms with Crippen molar-refractivity contribution in [2.75, 3.05) is 0 Å². The predicted octanol–water partition coefficient (Wildman–Crippen LogP) is 4.16. The summed E-state index contributed by atoms with van der Waals surface area (Å²) < 4.78 is 0. The van der Waals surface area contributed by atoms with Crippen molar-refractivity contribution in [1.82, 2.24) is 4.98 Å². The van der Waals surface area contributed by atoms with Gasteiger partial charge in [-0.1, -0.05) is 30.3 Å². The molecule has 0 amide bonds. The first kappa shape index (κ1) is 13.5. The lowest BCUT2D eigenvalue weighted by atomic mass is 10.1. The molecule has 0 aliphatic heterocycles. The second-order valence-electron chi connectivity index (χ2n) is 4.79. The van der Waals surface area contributed by atoms with Gasteiger partial charge in [-0.05, 0) is 36.4 Å². The quantitative estimate of drug-likeness (QED) is 0.708. The van der Waals surface area contributed by atoms with E-state index in [-0.39, 0.29) is 0 Å². The van der Waals surface area contributed by atoms with Crippen molar-refractivity contribution in [3.8, 4) is 34.7 Å². The average molecular weight is 281 g/mol. The number of benzene rings is 2. The summed E-state index contributed by atoms with van der Waals surface area (Å²) in [6.07, 6.45) is 0. The molecule has 1 aromatic heterocycles. The molecule has 0 atom stereocenters. The molecule has 0 saturated heterocycles. The van der Waals surface area contributed by atoms with Gasteiger partial charge in [0.25, 0.3) is 0 Å². The third-order valence-corrected chi connectivity index (χ3v) is 3.35. The molecule has 3 rings (SSSR count). The molecule has 0 radical (unpaired) electrons. The Morgan fingerprint density at radius 2 is 1.27 bits per heavy atom. The Bertz CT molecular complexity index is 897. The van der Waals surface area contributed by atoms with Gasteiger partial charge in [0.2, 0.25) is 0 Å². The van der Waals surface area contributed by atoms with Crippen LogP contribution < -0.4 is 0 Å². The van der Waals surface area contributed by atoms with E-state index in [1.807, 2.05) is 48.5 Å². The van der Waals surface area contributed by atoms with Gasteiger partial charge in [-0.3, -0.25) is 0 Å². The summed E-state index contributed by atoms with van der Waals surface area (Å²) in [5.74, 6) is 0. The standard InChI is InChI=1S/C19H11N3/c20-12-14-7-9-16(10-8-14)18-5-2-6-19(22-18)17-4-1-3-15(11-17)13-21/h1-11H. The first-order valence-electron chi connectivity index (χ1n) is 6.78. The van der Waals surface area contributed by atoms with Crippen molar-refractivity contribution in [1.29, 1.82) is 10.5 Å². The Labute approximate surface area is 128 Å². The molecular formula is C19H11N3. The highest BCUT2D eigenvalue weighted by Crippen LogP contribution is 2.23. The third-order valence-electron chi connectivity index (χ3n) is 3.35. The summed E-state index contributed by atoms with van der Waals surface area (Å²) in [5, 5.41) is 17.8. The van der Waals surface area contributed by atoms with Crippen molar-refractivity contribution >= 4 is 0 Å². The summed E-state index contributed by atoms with van der Waals surface area (Å²) in [7, 11) is 0. The van der Waals surface area contributed by atoms with Gasteiger partial charge < -0.3 is 0 Å². The number of aromatic nitrogens is 1. The fraction of sp³-hybridized carbons (Fsp3) is 0. The normalized spacial score (nSPS) is 9.73. The second-order valence-corrected chi connectivity index (χ2v) is 4.79. The Morgan fingerprint density at radius 1 is 0.636 bits per heavy atom. The van der Waals surface area contributed by atoms with Gasteiger partial charge >= 0.3 is 0 Å². The molecule has 3 heteroatoms. The molecule has 0 bridgehead atoms. The van der Waals surface area contributed by atoms with E-state index in [0.717, 1.165) is 22.5 Å². The van der Waals surface area contributed by atoms with E-state index in [0.29, 0.717) is 11.1 Å². The first-order chi connectivity index (χ1) is 10.8. The average Bonchev–Trinajstić information content (AvgIpc) is 2.62. The van der Waals surface area contributed by atoms with Crippen LogP contribution in [0, 0.1) is 22.7 Å². The molecule has 3 aromatic rings. The zero-order valence-corrected chi connectivity index (χ0v) is 11.7. The molecule has 0 N–H and O–H groups in total. The van der Waals surface area contributed by atoms with Crippen LogP contribution in [0.25, 0.3) is 22.5 Å². The number of nitriles is 2. The van der Waals surface area contributed by atoms with Crippen LogP contribution >= 0.6 is 0 Å². The summed E-state index contributed by atoms with van der Waals surface area (Å²) in [6.45, 7) is 0. The molecule has 0 unspecified atom stereocenters. The van der Waals surface area contributed by atoms with Crippen LogP contribution in [-0.2, 0) is 0 Å². The lowest BCUT2D eigenvalue weighted by Crippen LogP contribution is -1.88. The summed E-state index contributed by atoms with van der Waals surface area (Å²) >= 11 is 0. The minimum atomic E-state index is 0.614. The van der Waals surface area contributed by atoms with Crippen LogP contribution in [0.3, 0.4) is 0 Å². The van der Waals surface area contributed by atoms with Gasteiger partial charge in [0, 0.05) is 11.1 Å². The van der Waals surface area contributed by atoms with E-state index in [4.69, 9.17) is 10.5 Å². The molecule has 0 saturated carbocycles. The Hall–Kier alpha value is -3.43. The highest BCUT2D eigenvalue weighted by atomic mass is 14.7. The Balaban J connectivity index is 2.02. The van der Waals surface area contributed by atoms with Gasteiger partial charge in [0.15, 0.2) is 0 Å². The topological polar surface area (TPSA) is 60.5 Å². The number of nitrogens with zero attached hydrogens (tertiary/aromatic N) is 3. The van der Waals surface area contributed by atoms with Crippen LogP contribution in [0.2, 0.25) is 0 Å². The third kappa shape index (κ3) is 2.70. The first-order valence-corrected chi connectivity index (χ1v) is 6.78. The molecule has 0 aliphatic rings. The maximum Gasteiger partial charge on any atom is 0.0991 e. The van der Waals surface area contributed by atoms with Crippen molar-refractivity contribution in [3.05, 3.63) is 77.9 Å². The lowest BCUT2D eigenvalue weighted by Gasteiger charge is -2.05. The maximum absolute atomic E-state index is 8.99. The number of pyridine rings is 1. The fourth-order valence-corrected chi connectivity index (χ4v) is 2.22. The van der Waals surface area contributed by atoms with Crippen molar-refractivity contribution < 1.29 is 0 Å². The molecule has 0 aliphatic carbocycles. The van der Waals surface area contributed by atoms with E-state index in [9.17, 15) is 0 Å². The number of hydrogen-bond acceptors (Lipinski definition) is 3. The molecule has 22 heavy (non-hydrogen) atoms. The highest BCUT2D eigenvalue weighted by Gasteiger charge is 2.04. The molecule has 3 nitrogen and oxygen atoms in total. The summed E-state index contributed by atoms with van der Waals surface area (Å²) in [4.78, 5) is 4.65. The molecule has 2 aromatic carbocycles. The van der Waals surface area contributed by atoms with Crippen LogP contribution in [-0.4, -0.2) is 4.98 Å². The highest BCUT2D eigenvalue weighted by molar-refractivity contribution is 5.67. The monoisotopic (exact) mass is 281 g/mol. The largest absolute Gasteiger partial charge is 0.248 e. The number of rotatable bonds is 2.